The minimum absolute atomic E-state index is 0.240. The molecule has 8 nitrogen and oxygen atoms in total. The highest BCUT2D eigenvalue weighted by Crippen LogP contribution is 2.24. The van der Waals surface area contributed by atoms with Crippen molar-refractivity contribution >= 4 is 5.82 Å². The van der Waals surface area contributed by atoms with E-state index in [1.807, 2.05) is 6.07 Å². The summed E-state index contributed by atoms with van der Waals surface area (Å²) in [6, 6.07) is 4.77. The molecule has 158 valence electrons. The quantitative estimate of drug-likeness (QED) is 0.824. The van der Waals surface area contributed by atoms with Crippen LogP contribution in [0.25, 0.3) is 0 Å². The molecule has 0 radical (unpaired) electrons. The molecule has 0 spiro atoms. The summed E-state index contributed by atoms with van der Waals surface area (Å²) in [4.78, 5) is 29.3. The molecule has 1 N–H and O–H groups in total. The van der Waals surface area contributed by atoms with E-state index in [1.54, 1.807) is 7.05 Å². The van der Waals surface area contributed by atoms with Gasteiger partial charge in [0, 0.05) is 26.7 Å². The SMILES string of the molecule is CC[C@@H]1CCCCN1Cc1ccc(CN2CNc3c(c(=O)n(C)c(=O)n3C)C2)o1. The fourth-order valence-electron chi connectivity index (χ4n) is 4.60. The van der Waals surface area contributed by atoms with Crippen molar-refractivity contribution in [3.63, 3.8) is 0 Å². The highest BCUT2D eigenvalue weighted by Gasteiger charge is 2.25. The third-order valence-electron chi connectivity index (χ3n) is 6.29. The molecule has 4 heterocycles. The van der Waals surface area contributed by atoms with Crippen molar-refractivity contribution in [2.75, 3.05) is 18.5 Å². The van der Waals surface area contributed by atoms with Crippen LogP contribution in [0, 0.1) is 0 Å². The smallest absolute Gasteiger partial charge is 0.332 e. The number of likely N-dealkylation sites (tertiary alicyclic amines) is 1. The van der Waals surface area contributed by atoms with Crippen molar-refractivity contribution in [2.45, 2.75) is 58.3 Å². The molecule has 0 aromatic carbocycles. The Labute approximate surface area is 170 Å². The molecule has 0 amide bonds. The van der Waals surface area contributed by atoms with E-state index in [0.29, 0.717) is 37.2 Å². The number of hydrogen-bond donors (Lipinski definition) is 1. The first-order valence-electron chi connectivity index (χ1n) is 10.5. The largest absolute Gasteiger partial charge is 0.463 e. The lowest BCUT2D eigenvalue weighted by atomic mass is 10.00. The van der Waals surface area contributed by atoms with Gasteiger partial charge < -0.3 is 9.73 Å². The average Bonchev–Trinajstić information content (AvgIpc) is 3.17. The minimum Gasteiger partial charge on any atom is -0.463 e. The zero-order chi connectivity index (χ0) is 20.5. The first-order valence-corrected chi connectivity index (χ1v) is 10.5. The van der Waals surface area contributed by atoms with Crippen LogP contribution >= 0.6 is 0 Å². The summed E-state index contributed by atoms with van der Waals surface area (Å²) in [6.45, 7) is 5.94. The maximum Gasteiger partial charge on any atom is 0.332 e. The second kappa shape index (κ2) is 8.20. The molecule has 1 fully saturated rings. The van der Waals surface area contributed by atoms with Gasteiger partial charge in [0.2, 0.25) is 0 Å². The van der Waals surface area contributed by atoms with Gasteiger partial charge >= 0.3 is 5.69 Å². The Morgan fingerprint density at radius 2 is 1.86 bits per heavy atom. The predicted octanol–water partition coefficient (Wildman–Crippen LogP) is 1.83. The van der Waals surface area contributed by atoms with E-state index in [1.165, 1.54) is 37.3 Å². The van der Waals surface area contributed by atoms with E-state index in [-0.39, 0.29) is 11.2 Å². The summed E-state index contributed by atoms with van der Waals surface area (Å²) < 4.78 is 8.78. The molecule has 2 aliphatic rings. The van der Waals surface area contributed by atoms with Gasteiger partial charge in [0.15, 0.2) is 0 Å². The van der Waals surface area contributed by atoms with E-state index in [2.05, 4.69) is 28.1 Å². The molecule has 29 heavy (non-hydrogen) atoms. The van der Waals surface area contributed by atoms with Crippen LogP contribution < -0.4 is 16.6 Å². The molecular formula is C21H31N5O3. The molecule has 0 unspecified atom stereocenters. The Morgan fingerprint density at radius 3 is 2.62 bits per heavy atom. The Morgan fingerprint density at radius 1 is 1.10 bits per heavy atom. The van der Waals surface area contributed by atoms with Crippen LogP contribution in [-0.2, 0) is 33.7 Å². The zero-order valence-corrected chi connectivity index (χ0v) is 17.6. The highest BCUT2D eigenvalue weighted by molar-refractivity contribution is 5.45. The fraction of sp³-hybridized carbons (Fsp3) is 0.619. The molecule has 1 atom stereocenters. The van der Waals surface area contributed by atoms with E-state index < -0.39 is 0 Å². The fourth-order valence-corrected chi connectivity index (χ4v) is 4.60. The number of fused-ring (bicyclic) bond motifs is 1. The Kier molecular flexibility index (Phi) is 5.65. The third kappa shape index (κ3) is 3.91. The Bertz CT molecular complexity index is 989. The van der Waals surface area contributed by atoms with Crippen molar-refractivity contribution in [3.05, 3.63) is 50.1 Å². The Balaban J connectivity index is 1.44. The van der Waals surface area contributed by atoms with E-state index >= 15 is 0 Å². The topological polar surface area (TPSA) is 75.7 Å². The maximum absolute atomic E-state index is 12.5. The number of rotatable bonds is 5. The lowest BCUT2D eigenvalue weighted by molar-refractivity contribution is 0.124. The first kappa shape index (κ1) is 20.0. The second-order valence-electron chi connectivity index (χ2n) is 8.25. The number of hydrogen-bond acceptors (Lipinski definition) is 6. The number of piperidine rings is 1. The highest BCUT2D eigenvalue weighted by atomic mass is 16.3. The average molecular weight is 402 g/mol. The van der Waals surface area contributed by atoms with Crippen molar-refractivity contribution in [1.82, 2.24) is 18.9 Å². The number of furan rings is 1. The van der Waals surface area contributed by atoms with E-state index in [0.717, 1.165) is 29.2 Å². The lowest BCUT2D eigenvalue weighted by Crippen LogP contribution is -2.46. The molecule has 1 saturated heterocycles. The number of aromatic nitrogens is 2. The molecule has 2 aromatic heterocycles. The summed E-state index contributed by atoms with van der Waals surface area (Å²) in [5.41, 5.74) is 0.0661. The summed E-state index contributed by atoms with van der Waals surface area (Å²) in [5, 5.41) is 3.22. The summed E-state index contributed by atoms with van der Waals surface area (Å²) >= 11 is 0. The molecule has 8 heteroatoms. The van der Waals surface area contributed by atoms with E-state index in [4.69, 9.17) is 4.42 Å². The number of nitrogens with zero attached hydrogens (tertiary/aromatic N) is 4. The first-order chi connectivity index (χ1) is 14.0. The standard InChI is InChI=1S/C21H31N5O3/c1-4-15-7-5-6-10-26(15)12-17-9-8-16(29-17)11-25-13-18-19(22-14-25)23(2)21(28)24(3)20(18)27/h8-9,15,22H,4-7,10-14H2,1-3H3/t15-/m1/s1. The van der Waals surface area contributed by atoms with Crippen LogP contribution in [0.5, 0.6) is 0 Å². The minimum atomic E-state index is -0.312. The molecule has 0 bridgehead atoms. The molecule has 4 rings (SSSR count). The summed E-state index contributed by atoms with van der Waals surface area (Å²) in [7, 11) is 3.21. The van der Waals surface area contributed by atoms with Gasteiger partial charge in [0.1, 0.15) is 17.3 Å². The van der Waals surface area contributed by atoms with Crippen molar-refractivity contribution in [2.24, 2.45) is 14.1 Å². The normalized spacial score (nSPS) is 20.4. The molecular weight excluding hydrogens is 370 g/mol. The molecule has 0 aliphatic carbocycles. The molecule has 2 aromatic rings. The van der Waals surface area contributed by atoms with Crippen LogP contribution in [0.1, 0.15) is 49.7 Å². The van der Waals surface area contributed by atoms with Crippen LogP contribution in [0.15, 0.2) is 26.1 Å². The molecule has 0 saturated carbocycles. The van der Waals surface area contributed by atoms with Crippen LogP contribution in [0.2, 0.25) is 0 Å². The van der Waals surface area contributed by atoms with Gasteiger partial charge in [-0.2, -0.15) is 0 Å². The van der Waals surface area contributed by atoms with Crippen LogP contribution in [0.4, 0.5) is 5.82 Å². The van der Waals surface area contributed by atoms with Gasteiger partial charge in [-0.15, -0.1) is 0 Å². The third-order valence-corrected chi connectivity index (χ3v) is 6.29. The van der Waals surface area contributed by atoms with Crippen molar-refractivity contribution < 1.29 is 4.42 Å². The monoisotopic (exact) mass is 401 g/mol. The molecule has 2 aliphatic heterocycles. The van der Waals surface area contributed by atoms with Crippen LogP contribution in [-0.4, -0.2) is 38.2 Å². The van der Waals surface area contributed by atoms with Crippen molar-refractivity contribution in [1.29, 1.82) is 0 Å². The van der Waals surface area contributed by atoms with Gasteiger partial charge in [0.25, 0.3) is 5.56 Å². The summed E-state index contributed by atoms with van der Waals surface area (Å²) in [6.07, 6.45) is 5.05. The zero-order valence-electron chi connectivity index (χ0n) is 17.6. The Hall–Kier alpha value is -2.32. The summed E-state index contributed by atoms with van der Waals surface area (Å²) in [5.74, 6) is 2.52. The number of anilines is 1. The van der Waals surface area contributed by atoms with Gasteiger partial charge in [0.05, 0.1) is 25.3 Å². The maximum atomic E-state index is 12.5. The van der Waals surface area contributed by atoms with Gasteiger partial charge in [-0.05, 0) is 37.9 Å². The van der Waals surface area contributed by atoms with Crippen LogP contribution in [0.3, 0.4) is 0 Å². The predicted molar refractivity (Wildman–Crippen MR) is 112 cm³/mol. The lowest BCUT2D eigenvalue weighted by Gasteiger charge is -2.34. The van der Waals surface area contributed by atoms with Gasteiger partial charge in [-0.3, -0.25) is 23.7 Å². The van der Waals surface area contributed by atoms with Gasteiger partial charge in [-0.1, -0.05) is 13.3 Å². The number of nitrogens with one attached hydrogen (secondary N) is 1. The van der Waals surface area contributed by atoms with Crippen molar-refractivity contribution in [3.8, 4) is 0 Å². The second-order valence-corrected chi connectivity index (χ2v) is 8.25. The van der Waals surface area contributed by atoms with E-state index in [9.17, 15) is 9.59 Å². The van der Waals surface area contributed by atoms with Gasteiger partial charge in [-0.25, -0.2) is 4.79 Å².